The highest BCUT2D eigenvalue weighted by Gasteiger charge is 2.23. The van der Waals surface area contributed by atoms with Crippen LogP contribution in [-0.4, -0.2) is 45.9 Å². The van der Waals surface area contributed by atoms with Gasteiger partial charge in [-0.2, -0.15) is 5.26 Å². The van der Waals surface area contributed by atoms with Gasteiger partial charge in [0.1, 0.15) is 0 Å². The molecule has 0 spiro atoms. The number of aromatic nitrogens is 2. The highest BCUT2D eigenvalue weighted by atomic mass is 35.5. The molecule has 16 heteroatoms. The minimum atomic E-state index is -3.36. The van der Waals surface area contributed by atoms with Crippen LogP contribution in [0.15, 0.2) is 96.0 Å². The molecule has 2 aromatic carbocycles. The smallest absolute Gasteiger partial charge is 0.229 e. The van der Waals surface area contributed by atoms with Gasteiger partial charge in [0.2, 0.25) is 20.0 Å². The first-order valence-electron chi connectivity index (χ1n) is 17.0. The van der Waals surface area contributed by atoms with Crippen molar-refractivity contribution in [1.82, 2.24) is 9.97 Å². The van der Waals surface area contributed by atoms with Crippen LogP contribution in [0.1, 0.15) is 39.1 Å². The molecule has 0 aliphatic carbocycles. The van der Waals surface area contributed by atoms with Crippen LogP contribution >= 0.6 is 45.9 Å². The Bertz CT molecular complexity index is 2650. The van der Waals surface area contributed by atoms with E-state index in [9.17, 15) is 22.1 Å². The standard InChI is InChI=1S/C20H22ClN3O2S2.C20H18ClN3O2S2/c2*1-20(2,12-22)19-9-13(6-7-23-19)14-8-18(27-11-14)16-5-4-15(10-17(16)21)24-28(3,25)26/h4-11,24H,12,22H2,1-3H3;4-11,24H,1-3H3. The lowest BCUT2D eigenvalue weighted by Crippen LogP contribution is -2.29. The number of benzene rings is 2. The van der Waals surface area contributed by atoms with Crippen molar-refractivity contribution in [2.45, 2.75) is 38.5 Å². The van der Waals surface area contributed by atoms with E-state index in [4.69, 9.17) is 28.9 Å². The Kier molecular flexibility index (Phi) is 13.0. The molecule has 4 aromatic heterocycles. The van der Waals surface area contributed by atoms with E-state index in [2.05, 4.69) is 56.8 Å². The molecule has 0 atom stereocenters. The molecule has 0 aliphatic rings. The Morgan fingerprint density at radius 3 is 1.50 bits per heavy atom. The van der Waals surface area contributed by atoms with E-state index in [1.807, 2.05) is 49.6 Å². The number of rotatable bonds is 11. The van der Waals surface area contributed by atoms with Gasteiger partial charge in [-0.15, -0.1) is 22.7 Å². The van der Waals surface area contributed by atoms with Crippen molar-refractivity contribution in [2.24, 2.45) is 5.73 Å². The Labute approximate surface area is 346 Å². The topological polar surface area (TPSA) is 168 Å². The maximum atomic E-state index is 11.4. The number of pyridine rings is 2. The van der Waals surface area contributed by atoms with Gasteiger partial charge >= 0.3 is 0 Å². The quantitative estimate of drug-likeness (QED) is 0.116. The zero-order chi connectivity index (χ0) is 41.1. The van der Waals surface area contributed by atoms with E-state index < -0.39 is 25.5 Å². The van der Waals surface area contributed by atoms with Gasteiger partial charge in [0.25, 0.3) is 0 Å². The number of thiophene rings is 2. The van der Waals surface area contributed by atoms with Crippen molar-refractivity contribution in [1.29, 1.82) is 5.26 Å². The average molecular weight is 868 g/mol. The summed E-state index contributed by atoms with van der Waals surface area (Å²) in [6, 6.07) is 24.5. The average Bonchev–Trinajstić information content (AvgIpc) is 3.82. The number of nitrogens with one attached hydrogen (secondary N) is 2. The summed E-state index contributed by atoms with van der Waals surface area (Å²) in [6.45, 7) is 8.34. The van der Waals surface area contributed by atoms with E-state index in [1.54, 1.807) is 65.4 Å². The van der Waals surface area contributed by atoms with Gasteiger partial charge in [0.05, 0.1) is 39.7 Å². The number of nitriles is 1. The minimum absolute atomic E-state index is 0.194. The summed E-state index contributed by atoms with van der Waals surface area (Å²) in [7, 11) is -6.70. The third-order valence-electron chi connectivity index (χ3n) is 8.58. The zero-order valence-electron chi connectivity index (χ0n) is 31.4. The summed E-state index contributed by atoms with van der Waals surface area (Å²) in [5.74, 6) is 0. The molecule has 0 fully saturated rings. The lowest BCUT2D eigenvalue weighted by molar-refractivity contribution is 0.522. The van der Waals surface area contributed by atoms with Crippen LogP contribution in [-0.2, 0) is 30.9 Å². The molecule has 0 saturated carbocycles. The highest BCUT2D eigenvalue weighted by Crippen LogP contribution is 2.39. The number of anilines is 2. The molecule has 0 amide bonds. The number of sulfonamides is 2. The predicted molar refractivity (Wildman–Crippen MR) is 234 cm³/mol. The van der Waals surface area contributed by atoms with Crippen LogP contribution in [0.4, 0.5) is 11.4 Å². The summed E-state index contributed by atoms with van der Waals surface area (Å²) in [5, 5.41) is 14.4. The zero-order valence-corrected chi connectivity index (χ0v) is 36.2. The molecule has 292 valence electrons. The van der Waals surface area contributed by atoms with Gasteiger partial charge in [-0.3, -0.25) is 19.4 Å². The van der Waals surface area contributed by atoms with Crippen molar-refractivity contribution in [2.75, 3.05) is 28.5 Å². The molecular formula is C40H40Cl2N6O4S4. The molecule has 0 aliphatic heterocycles. The van der Waals surface area contributed by atoms with Crippen LogP contribution in [0.25, 0.3) is 43.1 Å². The molecule has 0 saturated heterocycles. The molecule has 56 heavy (non-hydrogen) atoms. The monoisotopic (exact) mass is 866 g/mol. The van der Waals surface area contributed by atoms with Crippen LogP contribution in [0, 0.1) is 11.3 Å². The number of hydrogen-bond acceptors (Lipinski definition) is 10. The Morgan fingerprint density at radius 2 is 1.11 bits per heavy atom. The highest BCUT2D eigenvalue weighted by molar-refractivity contribution is 7.92. The Balaban J connectivity index is 0.000000214. The minimum Gasteiger partial charge on any atom is -0.330 e. The second-order valence-electron chi connectivity index (χ2n) is 14.2. The Morgan fingerprint density at radius 1 is 0.679 bits per heavy atom. The predicted octanol–water partition coefficient (Wildman–Crippen LogP) is 10.0. The first-order chi connectivity index (χ1) is 26.2. The van der Waals surface area contributed by atoms with Crippen LogP contribution in [0.2, 0.25) is 10.0 Å². The number of halogens is 2. The van der Waals surface area contributed by atoms with Crippen molar-refractivity contribution >= 4 is 77.3 Å². The van der Waals surface area contributed by atoms with Gasteiger partial charge in [-0.1, -0.05) is 37.0 Å². The third kappa shape index (κ3) is 10.9. The normalized spacial score (nSPS) is 12.0. The van der Waals surface area contributed by atoms with Gasteiger partial charge in [-0.25, -0.2) is 16.8 Å². The first kappa shape index (κ1) is 42.8. The molecule has 10 nitrogen and oxygen atoms in total. The summed E-state index contributed by atoms with van der Waals surface area (Å²) in [6.07, 6.45) is 5.71. The number of nitrogens with two attached hydrogens (primary N) is 1. The van der Waals surface area contributed by atoms with Gasteiger partial charge < -0.3 is 5.73 Å². The van der Waals surface area contributed by atoms with E-state index in [1.165, 1.54) is 0 Å². The Hall–Kier alpha value is -4.33. The third-order valence-corrected chi connectivity index (χ3v) is 12.3. The molecule has 0 bridgehead atoms. The van der Waals surface area contributed by atoms with E-state index in [0.717, 1.165) is 67.0 Å². The fourth-order valence-corrected chi connectivity index (χ4v) is 9.04. The van der Waals surface area contributed by atoms with Crippen molar-refractivity contribution in [3.05, 3.63) is 117 Å². The van der Waals surface area contributed by atoms with Crippen LogP contribution < -0.4 is 15.2 Å². The van der Waals surface area contributed by atoms with Crippen molar-refractivity contribution in [3.63, 3.8) is 0 Å². The summed E-state index contributed by atoms with van der Waals surface area (Å²) in [4.78, 5) is 10.8. The first-order valence-corrected chi connectivity index (χ1v) is 23.3. The SMILES string of the molecule is CC(C)(C#N)c1cc(-c2csc(-c3ccc(NS(C)(=O)=O)cc3Cl)c2)ccn1.CC(C)(CN)c1cc(-c2csc(-c3ccc(NS(C)(=O)=O)cc3Cl)c2)ccn1. The molecule has 0 radical (unpaired) electrons. The maximum absolute atomic E-state index is 11.4. The van der Waals surface area contributed by atoms with Gasteiger partial charge in [0.15, 0.2) is 0 Å². The maximum Gasteiger partial charge on any atom is 0.229 e. The lowest BCUT2D eigenvalue weighted by Gasteiger charge is -2.22. The number of hydrogen-bond donors (Lipinski definition) is 3. The second-order valence-corrected chi connectivity index (χ2v) is 20.4. The summed E-state index contributed by atoms with van der Waals surface area (Å²) < 4.78 is 50.3. The summed E-state index contributed by atoms with van der Waals surface area (Å²) >= 11 is 15.9. The van der Waals surface area contributed by atoms with E-state index in [0.29, 0.717) is 28.0 Å². The summed E-state index contributed by atoms with van der Waals surface area (Å²) in [5.41, 5.74) is 13.4. The molecule has 6 aromatic rings. The molecular weight excluding hydrogens is 828 g/mol. The molecule has 4 heterocycles. The lowest BCUT2D eigenvalue weighted by atomic mass is 9.88. The van der Waals surface area contributed by atoms with Gasteiger partial charge in [-0.05, 0) is 120 Å². The fourth-order valence-electron chi connectivity index (χ4n) is 5.34. The van der Waals surface area contributed by atoms with Crippen LogP contribution in [0.3, 0.4) is 0 Å². The van der Waals surface area contributed by atoms with Crippen molar-refractivity contribution < 1.29 is 16.8 Å². The second kappa shape index (κ2) is 17.0. The molecule has 6 rings (SSSR count). The van der Waals surface area contributed by atoms with Crippen LogP contribution in [0.5, 0.6) is 0 Å². The molecule has 4 N–H and O–H groups in total. The van der Waals surface area contributed by atoms with Crippen molar-refractivity contribution in [3.8, 4) is 49.2 Å². The number of nitrogens with zero attached hydrogens (tertiary/aromatic N) is 3. The molecule has 0 unspecified atom stereocenters. The van der Waals surface area contributed by atoms with Gasteiger partial charge in [0, 0.05) is 62.3 Å². The van der Waals surface area contributed by atoms with E-state index >= 15 is 0 Å². The largest absolute Gasteiger partial charge is 0.330 e. The van der Waals surface area contributed by atoms with E-state index in [-0.39, 0.29) is 5.41 Å². The fraction of sp³-hybridized carbons (Fsp3) is 0.225.